The first kappa shape index (κ1) is 18.9. The molecule has 5 nitrogen and oxygen atoms in total. The number of halogens is 1. The molecule has 2 atom stereocenters. The fraction of sp³-hybridized carbons (Fsp3) is 0.667. The van der Waals surface area contributed by atoms with Crippen LogP contribution >= 0.6 is 11.6 Å². The Morgan fingerprint density at radius 1 is 1.19 bits per heavy atom. The zero-order valence-corrected chi connectivity index (χ0v) is 17.1. The summed E-state index contributed by atoms with van der Waals surface area (Å²) < 4.78 is 0. The van der Waals surface area contributed by atoms with Crippen LogP contribution in [-0.2, 0) is 0 Å². The van der Waals surface area contributed by atoms with Crippen molar-refractivity contribution in [3.8, 4) is 0 Å². The van der Waals surface area contributed by atoms with E-state index in [4.69, 9.17) is 16.6 Å². The molecule has 0 spiro atoms. The lowest BCUT2D eigenvalue weighted by atomic mass is 10.1. The minimum absolute atomic E-state index is 0.424. The predicted molar refractivity (Wildman–Crippen MR) is 114 cm³/mol. The van der Waals surface area contributed by atoms with E-state index in [0.717, 1.165) is 49.6 Å². The van der Waals surface area contributed by atoms with E-state index in [9.17, 15) is 0 Å². The van der Waals surface area contributed by atoms with Gasteiger partial charge in [-0.05, 0) is 63.3 Å². The molecule has 148 valence electrons. The quantitative estimate of drug-likeness (QED) is 0.580. The fourth-order valence-electron chi connectivity index (χ4n) is 4.30. The van der Waals surface area contributed by atoms with Crippen LogP contribution < -0.4 is 15.5 Å². The molecule has 1 aromatic carbocycles. The Bertz CT molecular complexity index is 660. The summed E-state index contributed by atoms with van der Waals surface area (Å²) in [7, 11) is 0. The molecular formula is C21H32ClN5. The monoisotopic (exact) mass is 389 g/mol. The van der Waals surface area contributed by atoms with Gasteiger partial charge in [-0.3, -0.25) is 4.99 Å². The van der Waals surface area contributed by atoms with E-state index in [1.54, 1.807) is 0 Å². The Kier molecular flexibility index (Phi) is 6.08. The Balaban J connectivity index is 1.29. The van der Waals surface area contributed by atoms with Gasteiger partial charge in [-0.1, -0.05) is 17.7 Å². The van der Waals surface area contributed by atoms with E-state index < -0.39 is 0 Å². The highest BCUT2D eigenvalue weighted by Gasteiger charge is 2.34. The Hall–Kier alpha value is -1.46. The van der Waals surface area contributed by atoms with Crippen LogP contribution in [0.5, 0.6) is 0 Å². The van der Waals surface area contributed by atoms with Gasteiger partial charge in [0.15, 0.2) is 5.96 Å². The highest BCUT2D eigenvalue weighted by Crippen LogP contribution is 2.31. The fourth-order valence-corrected chi connectivity index (χ4v) is 4.49. The molecule has 1 saturated carbocycles. The Labute approximate surface area is 168 Å². The maximum atomic E-state index is 6.15. The number of aliphatic imine (C=N–C) groups is 1. The summed E-state index contributed by atoms with van der Waals surface area (Å²) in [5.74, 6) is 1.69. The van der Waals surface area contributed by atoms with E-state index in [-0.39, 0.29) is 0 Å². The van der Waals surface area contributed by atoms with Gasteiger partial charge in [0.2, 0.25) is 0 Å². The SMILES string of the molecule is CCNC(=NCC1CCN(C2CC2)C1)NC1CCN(c2cccc(Cl)c2)C1. The van der Waals surface area contributed by atoms with Gasteiger partial charge < -0.3 is 20.4 Å². The molecule has 4 rings (SSSR count). The van der Waals surface area contributed by atoms with Crippen LogP contribution in [0.1, 0.15) is 32.6 Å². The van der Waals surface area contributed by atoms with Crippen LogP contribution in [0.2, 0.25) is 5.02 Å². The number of nitrogens with zero attached hydrogens (tertiary/aromatic N) is 3. The van der Waals surface area contributed by atoms with Crippen LogP contribution in [0.15, 0.2) is 29.3 Å². The van der Waals surface area contributed by atoms with E-state index >= 15 is 0 Å². The molecule has 2 saturated heterocycles. The van der Waals surface area contributed by atoms with Crippen LogP contribution in [0, 0.1) is 5.92 Å². The number of rotatable bonds is 6. The number of hydrogen-bond acceptors (Lipinski definition) is 3. The molecule has 2 N–H and O–H groups in total. The van der Waals surface area contributed by atoms with Crippen molar-refractivity contribution >= 4 is 23.2 Å². The maximum Gasteiger partial charge on any atom is 0.191 e. The van der Waals surface area contributed by atoms with Crippen molar-refractivity contribution in [1.82, 2.24) is 15.5 Å². The van der Waals surface area contributed by atoms with Gasteiger partial charge in [0.05, 0.1) is 0 Å². The maximum absolute atomic E-state index is 6.15. The van der Waals surface area contributed by atoms with Crippen molar-refractivity contribution in [3.63, 3.8) is 0 Å². The second-order valence-corrected chi connectivity index (χ2v) is 8.59. The molecular weight excluding hydrogens is 358 g/mol. The first-order valence-electron chi connectivity index (χ1n) is 10.5. The van der Waals surface area contributed by atoms with Crippen molar-refractivity contribution < 1.29 is 0 Å². The molecule has 2 unspecified atom stereocenters. The minimum Gasteiger partial charge on any atom is -0.369 e. The zero-order valence-electron chi connectivity index (χ0n) is 16.3. The second kappa shape index (κ2) is 8.70. The first-order valence-corrected chi connectivity index (χ1v) is 10.9. The molecule has 6 heteroatoms. The summed E-state index contributed by atoms with van der Waals surface area (Å²) in [6.07, 6.45) is 5.23. The van der Waals surface area contributed by atoms with Crippen molar-refractivity contribution in [1.29, 1.82) is 0 Å². The lowest BCUT2D eigenvalue weighted by molar-refractivity contribution is 0.315. The smallest absolute Gasteiger partial charge is 0.191 e. The summed E-state index contributed by atoms with van der Waals surface area (Å²) in [6.45, 7) is 8.51. The summed E-state index contributed by atoms with van der Waals surface area (Å²) in [5, 5.41) is 7.88. The lowest BCUT2D eigenvalue weighted by Crippen LogP contribution is -2.45. The van der Waals surface area contributed by atoms with Crippen LogP contribution in [0.3, 0.4) is 0 Å². The first-order chi connectivity index (χ1) is 13.2. The molecule has 1 aromatic rings. The van der Waals surface area contributed by atoms with Gasteiger partial charge in [0.25, 0.3) is 0 Å². The number of anilines is 1. The van der Waals surface area contributed by atoms with Gasteiger partial charge in [0.1, 0.15) is 0 Å². The zero-order chi connectivity index (χ0) is 18.6. The van der Waals surface area contributed by atoms with Gasteiger partial charge in [-0.15, -0.1) is 0 Å². The van der Waals surface area contributed by atoms with E-state index in [1.165, 1.54) is 38.0 Å². The highest BCUT2D eigenvalue weighted by molar-refractivity contribution is 6.30. The molecule has 0 radical (unpaired) electrons. The Morgan fingerprint density at radius 3 is 2.85 bits per heavy atom. The summed E-state index contributed by atoms with van der Waals surface area (Å²) in [5.41, 5.74) is 1.21. The highest BCUT2D eigenvalue weighted by atomic mass is 35.5. The van der Waals surface area contributed by atoms with E-state index in [0.29, 0.717) is 12.0 Å². The van der Waals surface area contributed by atoms with Crippen molar-refractivity contribution in [2.45, 2.75) is 44.7 Å². The standard InChI is InChI=1S/C21H32ClN5/c1-2-23-21(24-13-16-8-10-26(14-16)19-6-7-19)25-18-9-11-27(15-18)20-5-3-4-17(22)12-20/h3-5,12,16,18-19H,2,6-11,13-15H2,1H3,(H2,23,24,25). The van der Waals surface area contributed by atoms with Crippen molar-refractivity contribution in [2.24, 2.45) is 10.9 Å². The van der Waals surface area contributed by atoms with Gasteiger partial charge in [0, 0.05) is 55.5 Å². The predicted octanol–water partition coefficient (Wildman–Crippen LogP) is 2.96. The van der Waals surface area contributed by atoms with Gasteiger partial charge >= 0.3 is 0 Å². The molecule has 2 heterocycles. The third-order valence-electron chi connectivity index (χ3n) is 5.93. The molecule has 1 aliphatic carbocycles. The van der Waals surface area contributed by atoms with Crippen LogP contribution in [-0.4, -0.2) is 62.2 Å². The molecule has 3 aliphatic rings. The molecule has 0 amide bonds. The molecule has 3 fully saturated rings. The van der Waals surface area contributed by atoms with E-state index in [1.807, 2.05) is 12.1 Å². The molecule has 0 aromatic heterocycles. The average Bonchev–Trinajstić information content (AvgIpc) is 3.22. The third kappa shape index (κ3) is 5.08. The molecule has 0 bridgehead atoms. The number of nitrogens with one attached hydrogen (secondary N) is 2. The molecule has 2 aliphatic heterocycles. The number of guanidine groups is 1. The minimum atomic E-state index is 0.424. The number of benzene rings is 1. The van der Waals surface area contributed by atoms with E-state index in [2.05, 4.69) is 39.5 Å². The van der Waals surface area contributed by atoms with Gasteiger partial charge in [-0.25, -0.2) is 0 Å². The molecule has 27 heavy (non-hydrogen) atoms. The average molecular weight is 390 g/mol. The van der Waals surface area contributed by atoms with Crippen LogP contribution in [0.25, 0.3) is 0 Å². The number of likely N-dealkylation sites (tertiary alicyclic amines) is 1. The third-order valence-corrected chi connectivity index (χ3v) is 6.17. The number of hydrogen-bond donors (Lipinski definition) is 2. The second-order valence-electron chi connectivity index (χ2n) is 8.16. The normalized spacial score (nSPS) is 26.6. The summed E-state index contributed by atoms with van der Waals surface area (Å²) in [4.78, 5) is 9.98. The van der Waals surface area contributed by atoms with Gasteiger partial charge in [-0.2, -0.15) is 0 Å². The topological polar surface area (TPSA) is 42.9 Å². The van der Waals surface area contributed by atoms with Crippen molar-refractivity contribution in [2.75, 3.05) is 44.2 Å². The summed E-state index contributed by atoms with van der Waals surface area (Å²) in [6, 6.07) is 9.46. The van der Waals surface area contributed by atoms with Crippen molar-refractivity contribution in [3.05, 3.63) is 29.3 Å². The lowest BCUT2D eigenvalue weighted by Gasteiger charge is -2.21. The summed E-state index contributed by atoms with van der Waals surface area (Å²) >= 11 is 6.15. The Morgan fingerprint density at radius 2 is 2.07 bits per heavy atom. The largest absolute Gasteiger partial charge is 0.369 e. The van der Waals surface area contributed by atoms with Crippen LogP contribution in [0.4, 0.5) is 5.69 Å².